The van der Waals surface area contributed by atoms with Crippen LogP contribution in [0.25, 0.3) is 0 Å². The van der Waals surface area contributed by atoms with Crippen molar-refractivity contribution in [3.05, 3.63) is 29.8 Å². The molecule has 2 saturated heterocycles. The van der Waals surface area contributed by atoms with E-state index in [4.69, 9.17) is 0 Å². The normalized spacial score (nSPS) is 23.4. The van der Waals surface area contributed by atoms with E-state index in [1.54, 1.807) is 12.1 Å². The fourth-order valence-electron chi connectivity index (χ4n) is 3.31. The highest BCUT2D eigenvalue weighted by molar-refractivity contribution is 5.79. The number of hydrogen-bond acceptors (Lipinski definition) is 3. The highest BCUT2D eigenvalue weighted by Crippen LogP contribution is 2.22. The van der Waals surface area contributed by atoms with Crippen LogP contribution in [0.3, 0.4) is 0 Å². The fraction of sp³-hybridized carbons (Fsp3) is 0.562. The Labute approximate surface area is 120 Å². The summed E-state index contributed by atoms with van der Waals surface area (Å²) in [6.45, 7) is 4.08. The van der Waals surface area contributed by atoms with Crippen LogP contribution in [0.15, 0.2) is 24.3 Å². The predicted molar refractivity (Wildman–Crippen MR) is 77.6 cm³/mol. The lowest BCUT2D eigenvalue weighted by Gasteiger charge is -2.23. The molecule has 1 aromatic carbocycles. The monoisotopic (exact) mass is 274 g/mol. The molecule has 1 aromatic rings. The van der Waals surface area contributed by atoms with Crippen molar-refractivity contribution in [1.82, 2.24) is 9.80 Å². The Bertz CT molecular complexity index is 483. The molecule has 1 amide bonds. The molecule has 2 aliphatic rings. The lowest BCUT2D eigenvalue weighted by Crippen LogP contribution is -2.37. The van der Waals surface area contributed by atoms with Crippen LogP contribution in [0.1, 0.15) is 24.8 Å². The molecule has 1 N–H and O–H groups in total. The second kappa shape index (κ2) is 5.83. The number of rotatable bonds is 3. The van der Waals surface area contributed by atoms with Crippen LogP contribution in [-0.2, 0) is 11.2 Å². The van der Waals surface area contributed by atoms with E-state index < -0.39 is 0 Å². The van der Waals surface area contributed by atoms with Crippen LogP contribution >= 0.6 is 0 Å². The molecule has 2 heterocycles. The van der Waals surface area contributed by atoms with Crippen molar-refractivity contribution in [3.63, 3.8) is 0 Å². The van der Waals surface area contributed by atoms with Gasteiger partial charge in [-0.2, -0.15) is 0 Å². The number of hydrogen-bond donors (Lipinski definition) is 1. The standard InChI is InChI=1S/C16H22N2O2/c19-15-6-2-1-5-13(15)11-16(20)18-10-7-14(12-18)17-8-3-4-9-17/h1-2,5-6,14,19H,3-4,7-12H2. The Hall–Kier alpha value is -1.55. The van der Waals surface area contributed by atoms with E-state index in [2.05, 4.69) is 4.90 Å². The number of carbonyl (C=O) groups is 1. The average molecular weight is 274 g/mol. The topological polar surface area (TPSA) is 43.8 Å². The third kappa shape index (κ3) is 2.80. The summed E-state index contributed by atoms with van der Waals surface area (Å²) < 4.78 is 0. The van der Waals surface area contributed by atoms with E-state index in [1.165, 1.54) is 25.9 Å². The van der Waals surface area contributed by atoms with Crippen molar-refractivity contribution in [1.29, 1.82) is 0 Å². The molecule has 0 spiro atoms. The summed E-state index contributed by atoms with van der Waals surface area (Å²) in [6.07, 6.45) is 3.98. The first-order valence-corrected chi connectivity index (χ1v) is 7.53. The van der Waals surface area contributed by atoms with Gasteiger partial charge < -0.3 is 10.0 Å². The van der Waals surface area contributed by atoms with Gasteiger partial charge in [0.05, 0.1) is 6.42 Å². The quantitative estimate of drug-likeness (QED) is 0.911. The van der Waals surface area contributed by atoms with Crippen LogP contribution in [0.5, 0.6) is 5.75 Å². The summed E-state index contributed by atoms with van der Waals surface area (Å²) in [6, 6.07) is 7.65. The van der Waals surface area contributed by atoms with Gasteiger partial charge in [0.2, 0.25) is 5.91 Å². The van der Waals surface area contributed by atoms with E-state index in [1.807, 2.05) is 17.0 Å². The van der Waals surface area contributed by atoms with Gasteiger partial charge in [0.15, 0.2) is 0 Å². The molecule has 0 saturated carbocycles. The van der Waals surface area contributed by atoms with Crippen LogP contribution in [0.2, 0.25) is 0 Å². The minimum absolute atomic E-state index is 0.133. The minimum Gasteiger partial charge on any atom is -0.508 e. The zero-order valence-corrected chi connectivity index (χ0v) is 11.8. The van der Waals surface area contributed by atoms with Gasteiger partial charge in [-0.25, -0.2) is 0 Å². The molecular weight excluding hydrogens is 252 g/mol. The fourth-order valence-corrected chi connectivity index (χ4v) is 3.31. The summed E-state index contributed by atoms with van der Waals surface area (Å²) in [5, 5.41) is 9.75. The van der Waals surface area contributed by atoms with Gasteiger partial charge in [-0.3, -0.25) is 9.69 Å². The molecule has 0 aromatic heterocycles. The molecule has 1 unspecified atom stereocenters. The van der Waals surface area contributed by atoms with Crippen LogP contribution in [-0.4, -0.2) is 53.0 Å². The maximum Gasteiger partial charge on any atom is 0.227 e. The van der Waals surface area contributed by atoms with Gasteiger partial charge in [0.25, 0.3) is 0 Å². The Morgan fingerprint density at radius 1 is 1.20 bits per heavy atom. The number of benzene rings is 1. The number of aromatic hydroxyl groups is 1. The van der Waals surface area contributed by atoms with Crippen LogP contribution in [0, 0.1) is 0 Å². The zero-order chi connectivity index (χ0) is 13.9. The molecule has 3 rings (SSSR count). The first-order chi connectivity index (χ1) is 9.74. The van der Waals surface area contributed by atoms with Crippen LogP contribution < -0.4 is 0 Å². The number of phenols is 1. The van der Waals surface area contributed by atoms with Gasteiger partial charge >= 0.3 is 0 Å². The smallest absolute Gasteiger partial charge is 0.227 e. The van der Waals surface area contributed by atoms with Crippen molar-refractivity contribution in [2.24, 2.45) is 0 Å². The second-order valence-corrected chi connectivity index (χ2v) is 5.83. The number of phenolic OH excluding ortho intramolecular Hbond substituents is 1. The Kier molecular flexibility index (Phi) is 3.92. The Balaban J connectivity index is 1.57. The number of carbonyl (C=O) groups excluding carboxylic acids is 1. The summed E-state index contributed by atoms with van der Waals surface area (Å²) in [7, 11) is 0. The summed E-state index contributed by atoms with van der Waals surface area (Å²) in [5.74, 6) is 0.351. The second-order valence-electron chi connectivity index (χ2n) is 5.83. The zero-order valence-electron chi connectivity index (χ0n) is 11.8. The minimum atomic E-state index is 0.133. The van der Waals surface area contributed by atoms with E-state index in [0.717, 1.165) is 25.1 Å². The predicted octanol–water partition coefficient (Wildman–Crippen LogP) is 1.63. The lowest BCUT2D eigenvalue weighted by molar-refractivity contribution is -0.129. The highest BCUT2D eigenvalue weighted by atomic mass is 16.3. The molecule has 0 bridgehead atoms. The summed E-state index contributed by atoms with van der Waals surface area (Å²) in [4.78, 5) is 16.8. The number of amides is 1. The Morgan fingerprint density at radius 2 is 1.95 bits per heavy atom. The molecule has 0 aliphatic carbocycles. The number of nitrogens with zero attached hydrogens (tertiary/aromatic N) is 2. The molecule has 4 heteroatoms. The molecule has 4 nitrogen and oxygen atoms in total. The van der Waals surface area contributed by atoms with E-state index in [0.29, 0.717) is 12.5 Å². The largest absolute Gasteiger partial charge is 0.508 e. The SMILES string of the molecule is O=C(Cc1ccccc1O)N1CCC(N2CCCC2)C1. The summed E-state index contributed by atoms with van der Waals surface area (Å²) >= 11 is 0. The van der Waals surface area contributed by atoms with E-state index in [9.17, 15) is 9.90 Å². The first kappa shape index (κ1) is 13.4. The Morgan fingerprint density at radius 3 is 2.70 bits per heavy atom. The maximum atomic E-state index is 12.3. The maximum absolute atomic E-state index is 12.3. The van der Waals surface area contributed by atoms with Crippen molar-refractivity contribution in [2.45, 2.75) is 31.7 Å². The molecule has 1 atom stereocenters. The van der Waals surface area contributed by atoms with Crippen LogP contribution in [0.4, 0.5) is 0 Å². The molecule has 108 valence electrons. The highest BCUT2D eigenvalue weighted by Gasteiger charge is 2.31. The van der Waals surface area contributed by atoms with Crippen molar-refractivity contribution < 1.29 is 9.90 Å². The van der Waals surface area contributed by atoms with Gasteiger partial charge in [0.1, 0.15) is 5.75 Å². The molecule has 2 aliphatic heterocycles. The van der Waals surface area contributed by atoms with E-state index >= 15 is 0 Å². The summed E-state index contributed by atoms with van der Waals surface area (Å²) in [5.41, 5.74) is 0.724. The molecule has 2 fully saturated rings. The third-order valence-electron chi connectivity index (χ3n) is 4.51. The average Bonchev–Trinajstić information content (AvgIpc) is 3.11. The third-order valence-corrected chi connectivity index (χ3v) is 4.51. The first-order valence-electron chi connectivity index (χ1n) is 7.53. The lowest BCUT2D eigenvalue weighted by atomic mass is 10.1. The van der Waals surface area contributed by atoms with Gasteiger partial charge in [-0.05, 0) is 38.4 Å². The van der Waals surface area contributed by atoms with Gasteiger partial charge in [0, 0.05) is 24.7 Å². The van der Waals surface area contributed by atoms with Gasteiger partial charge in [-0.15, -0.1) is 0 Å². The van der Waals surface area contributed by atoms with Crippen molar-refractivity contribution in [3.8, 4) is 5.75 Å². The number of para-hydroxylation sites is 1. The molecule has 0 radical (unpaired) electrons. The van der Waals surface area contributed by atoms with E-state index in [-0.39, 0.29) is 11.7 Å². The molecular formula is C16H22N2O2. The van der Waals surface area contributed by atoms with Crippen molar-refractivity contribution >= 4 is 5.91 Å². The van der Waals surface area contributed by atoms with Crippen molar-refractivity contribution in [2.75, 3.05) is 26.2 Å². The van der Waals surface area contributed by atoms with Gasteiger partial charge in [-0.1, -0.05) is 18.2 Å². The molecule has 20 heavy (non-hydrogen) atoms. The number of likely N-dealkylation sites (tertiary alicyclic amines) is 2.